The molecule has 2 N–H and O–H groups in total. The highest BCUT2D eigenvalue weighted by Gasteiger charge is 2.26. The molecule has 0 fully saturated rings. The molecule has 0 aromatic heterocycles. The Balaban J connectivity index is 3.09. The molecule has 0 aliphatic carbocycles. The lowest BCUT2D eigenvalue weighted by molar-refractivity contribution is -0.174. The van der Waals surface area contributed by atoms with Gasteiger partial charge in [0, 0.05) is 13.2 Å². The van der Waals surface area contributed by atoms with Crippen molar-refractivity contribution in [3.63, 3.8) is 0 Å². The predicted octanol–water partition coefficient (Wildman–Crippen LogP) is 1.02. The van der Waals surface area contributed by atoms with E-state index >= 15 is 0 Å². The van der Waals surface area contributed by atoms with Crippen LogP contribution in [0, 0.1) is 0 Å². The van der Waals surface area contributed by atoms with Crippen molar-refractivity contribution in [3.05, 3.63) is 0 Å². The summed E-state index contributed by atoms with van der Waals surface area (Å²) in [5.41, 5.74) is 0. The van der Waals surface area contributed by atoms with Gasteiger partial charge in [-0.3, -0.25) is 4.79 Å². The Morgan fingerprint density at radius 1 is 1.33 bits per heavy atom. The zero-order valence-electron chi connectivity index (χ0n) is 8.14. The monoisotopic (exact) mass is 229 g/mol. The molecule has 0 bridgehead atoms. The van der Waals surface area contributed by atoms with Gasteiger partial charge in [-0.15, -0.1) is 0 Å². The normalized spacial score (nSPS) is 11.7. The van der Waals surface area contributed by atoms with Crippen molar-refractivity contribution in [2.24, 2.45) is 0 Å². The second kappa shape index (κ2) is 7.47. The average Bonchev–Trinajstić information content (AvgIpc) is 2.07. The van der Waals surface area contributed by atoms with Crippen LogP contribution in [0.15, 0.2) is 0 Å². The highest BCUT2D eigenvalue weighted by Crippen LogP contribution is 2.14. The molecule has 0 aliphatic rings. The van der Waals surface area contributed by atoms with Crippen molar-refractivity contribution in [3.8, 4) is 0 Å². The van der Waals surface area contributed by atoms with Crippen LogP contribution in [0.1, 0.15) is 12.8 Å². The quantitative estimate of drug-likeness (QED) is 0.610. The Kier molecular flexibility index (Phi) is 7.06. The summed E-state index contributed by atoms with van der Waals surface area (Å²) in [6.45, 7) is -0.457. The first kappa shape index (κ1) is 14.2. The van der Waals surface area contributed by atoms with E-state index in [1.807, 2.05) is 0 Å². The van der Waals surface area contributed by atoms with Gasteiger partial charge >= 0.3 is 12.1 Å². The minimum Gasteiger partial charge on any atom is -0.481 e. The maximum atomic E-state index is 11.6. The molecule has 0 saturated carbocycles. The molecule has 0 amide bonds. The fraction of sp³-hybridized carbons (Fsp3) is 0.875. The second-order valence-corrected chi connectivity index (χ2v) is 2.92. The average molecular weight is 229 g/mol. The molecule has 0 atom stereocenters. The van der Waals surface area contributed by atoms with E-state index in [2.05, 4.69) is 10.1 Å². The molecule has 0 aromatic rings. The lowest BCUT2D eigenvalue weighted by atomic mass is 10.4. The van der Waals surface area contributed by atoms with Crippen molar-refractivity contribution in [1.29, 1.82) is 0 Å². The van der Waals surface area contributed by atoms with Gasteiger partial charge in [-0.2, -0.15) is 13.2 Å². The molecule has 4 nitrogen and oxygen atoms in total. The standard InChI is InChI=1S/C8H14F3NO3/c9-8(10,11)6-15-5-1-3-12-4-2-7(13)14/h12H,1-6H2,(H,13,14). The van der Waals surface area contributed by atoms with Crippen molar-refractivity contribution in [2.75, 3.05) is 26.3 Å². The van der Waals surface area contributed by atoms with Crippen LogP contribution in [0.25, 0.3) is 0 Å². The van der Waals surface area contributed by atoms with E-state index in [-0.39, 0.29) is 13.0 Å². The Bertz CT molecular complexity index is 184. The summed E-state index contributed by atoms with van der Waals surface area (Å²) >= 11 is 0. The molecule has 0 unspecified atom stereocenters. The van der Waals surface area contributed by atoms with Crippen LogP contribution in [0.5, 0.6) is 0 Å². The first-order valence-electron chi connectivity index (χ1n) is 4.49. The number of ether oxygens (including phenoxy) is 1. The van der Waals surface area contributed by atoms with Crippen molar-refractivity contribution < 1.29 is 27.8 Å². The topological polar surface area (TPSA) is 58.6 Å². The molecule has 90 valence electrons. The number of halogens is 3. The van der Waals surface area contributed by atoms with Gasteiger partial charge < -0.3 is 15.2 Å². The molecule has 0 rings (SSSR count). The summed E-state index contributed by atoms with van der Waals surface area (Å²) in [5.74, 6) is -0.907. The SMILES string of the molecule is O=C(O)CCNCCCOCC(F)(F)F. The van der Waals surface area contributed by atoms with E-state index < -0.39 is 18.8 Å². The maximum Gasteiger partial charge on any atom is 0.411 e. The Hall–Kier alpha value is -0.820. The number of hydrogen-bond acceptors (Lipinski definition) is 3. The van der Waals surface area contributed by atoms with Gasteiger partial charge in [0.1, 0.15) is 6.61 Å². The van der Waals surface area contributed by atoms with E-state index in [0.717, 1.165) is 0 Å². The second-order valence-electron chi connectivity index (χ2n) is 2.92. The third-order valence-electron chi connectivity index (χ3n) is 1.42. The van der Waals surface area contributed by atoms with E-state index in [0.29, 0.717) is 19.5 Å². The molecule has 0 saturated heterocycles. The molecular weight excluding hydrogens is 215 g/mol. The minimum absolute atomic E-state index is 0.00338. The van der Waals surface area contributed by atoms with Gasteiger partial charge in [-0.05, 0) is 13.0 Å². The Morgan fingerprint density at radius 2 is 2.00 bits per heavy atom. The van der Waals surface area contributed by atoms with Crippen LogP contribution < -0.4 is 5.32 Å². The van der Waals surface area contributed by atoms with Gasteiger partial charge in [0.2, 0.25) is 0 Å². The molecular formula is C8H14F3NO3. The van der Waals surface area contributed by atoms with Gasteiger partial charge in [0.15, 0.2) is 0 Å². The molecule has 0 aliphatic heterocycles. The zero-order chi connectivity index (χ0) is 11.7. The number of carbonyl (C=O) groups is 1. The van der Waals surface area contributed by atoms with Crippen LogP contribution in [0.3, 0.4) is 0 Å². The summed E-state index contributed by atoms with van der Waals surface area (Å²) in [6.07, 6.45) is -3.85. The summed E-state index contributed by atoms with van der Waals surface area (Å²) < 4.78 is 39.1. The minimum atomic E-state index is -4.28. The first-order chi connectivity index (χ1) is 6.92. The van der Waals surface area contributed by atoms with Crippen LogP contribution in [0.4, 0.5) is 13.2 Å². The molecule has 7 heteroatoms. The van der Waals surface area contributed by atoms with Gasteiger partial charge in [0.05, 0.1) is 6.42 Å². The van der Waals surface area contributed by atoms with Gasteiger partial charge in [-0.25, -0.2) is 0 Å². The lowest BCUT2D eigenvalue weighted by Crippen LogP contribution is -2.22. The van der Waals surface area contributed by atoms with Crippen LogP contribution in [-0.2, 0) is 9.53 Å². The number of nitrogens with one attached hydrogen (secondary N) is 1. The van der Waals surface area contributed by atoms with Crippen LogP contribution in [-0.4, -0.2) is 43.6 Å². The molecule has 0 aromatic carbocycles. The fourth-order valence-corrected chi connectivity index (χ4v) is 0.807. The summed E-state index contributed by atoms with van der Waals surface area (Å²) in [6, 6.07) is 0. The number of alkyl halides is 3. The highest BCUT2D eigenvalue weighted by atomic mass is 19.4. The Morgan fingerprint density at radius 3 is 2.53 bits per heavy atom. The number of carboxylic acid groups (broad SMARTS) is 1. The number of carboxylic acids is 1. The number of aliphatic carboxylic acids is 1. The first-order valence-corrected chi connectivity index (χ1v) is 4.49. The molecule has 0 heterocycles. The smallest absolute Gasteiger partial charge is 0.411 e. The van der Waals surface area contributed by atoms with Crippen molar-refractivity contribution in [2.45, 2.75) is 19.0 Å². The van der Waals surface area contributed by atoms with E-state index in [1.54, 1.807) is 0 Å². The molecule has 0 spiro atoms. The largest absolute Gasteiger partial charge is 0.481 e. The summed E-state index contributed by atoms with van der Waals surface area (Å²) in [4.78, 5) is 10.1. The van der Waals surface area contributed by atoms with E-state index in [9.17, 15) is 18.0 Å². The lowest BCUT2D eigenvalue weighted by Gasteiger charge is -2.07. The van der Waals surface area contributed by atoms with Crippen LogP contribution >= 0.6 is 0 Å². The Labute approximate surface area is 85.4 Å². The molecule has 15 heavy (non-hydrogen) atoms. The summed E-state index contributed by atoms with van der Waals surface area (Å²) in [7, 11) is 0. The molecule has 0 radical (unpaired) electrons. The predicted molar refractivity (Wildman–Crippen MR) is 46.6 cm³/mol. The number of hydrogen-bond donors (Lipinski definition) is 2. The van der Waals surface area contributed by atoms with E-state index in [1.165, 1.54) is 0 Å². The highest BCUT2D eigenvalue weighted by molar-refractivity contribution is 5.66. The third-order valence-corrected chi connectivity index (χ3v) is 1.42. The zero-order valence-corrected chi connectivity index (χ0v) is 8.14. The summed E-state index contributed by atoms with van der Waals surface area (Å²) in [5, 5.41) is 11.0. The van der Waals surface area contributed by atoms with Crippen molar-refractivity contribution in [1.82, 2.24) is 5.32 Å². The third kappa shape index (κ3) is 13.2. The number of rotatable bonds is 8. The van der Waals surface area contributed by atoms with E-state index in [4.69, 9.17) is 5.11 Å². The fourth-order valence-electron chi connectivity index (χ4n) is 0.807. The van der Waals surface area contributed by atoms with Gasteiger partial charge in [-0.1, -0.05) is 0 Å². The van der Waals surface area contributed by atoms with Crippen LogP contribution in [0.2, 0.25) is 0 Å². The van der Waals surface area contributed by atoms with Gasteiger partial charge in [0.25, 0.3) is 0 Å². The van der Waals surface area contributed by atoms with Crippen molar-refractivity contribution >= 4 is 5.97 Å². The maximum absolute atomic E-state index is 11.6.